The van der Waals surface area contributed by atoms with Crippen LogP contribution in [0, 0.1) is 47.3 Å². The van der Waals surface area contributed by atoms with Gasteiger partial charge in [0.2, 0.25) is 0 Å². The molecule has 5 heterocycles. The topological polar surface area (TPSA) is 96.2 Å². The molecule has 8 unspecified atom stereocenters. The van der Waals surface area contributed by atoms with Gasteiger partial charge in [-0.3, -0.25) is 42.5 Å². The Bertz CT molecular complexity index is 716. The maximum absolute atomic E-state index is 4.26. The molecule has 8 atom stereocenters. The fourth-order valence-corrected chi connectivity index (χ4v) is 12.0. The van der Waals surface area contributed by atoms with E-state index in [2.05, 4.69) is 42.5 Å². The van der Waals surface area contributed by atoms with E-state index in [9.17, 15) is 0 Å². The van der Waals surface area contributed by atoms with E-state index in [0.717, 1.165) is 47.3 Å². The molecule has 41 heavy (non-hydrogen) atoms. The molecule has 8 nitrogen and oxygen atoms in total. The van der Waals surface area contributed by atoms with Gasteiger partial charge in [0.05, 0.1) is 49.3 Å². The molecule has 227 valence electrons. The van der Waals surface area contributed by atoms with Crippen LogP contribution in [-0.2, 0) is 32.7 Å². The molecule has 9 heteroatoms. The number of nitrogens with one attached hydrogen (secondary N) is 8. The van der Waals surface area contributed by atoms with Gasteiger partial charge in [0.1, 0.15) is 0 Å². The van der Waals surface area contributed by atoms with Crippen molar-refractivity contribution in [2.24, 2.45) is 47.3 Å². The first-order valence-electron chi connectivity index (χ1n) is 17.9. The van der Waals surface area contributed by atoms with Crippen LogP contribution in [-0.4, -0.2) is 49.3 Å². The molecular formula is C32H56N8Y. The van der Waals surface area contributed by atoms with Crippen LogP contribution in [0.1, 0.15) is 103 Å². The van der Waals surface area contributed by atoms with Crippen molar-refractivity contribution in [2.45, 2.75) is 152 Å². The number of hydrogen-bond acceptors (Lipinski definition) is 8. The third kappa shape index (κ3) is 5.18. The zero-order valence-corrected chi connectivity index (χ0v) is 28.0. The summed E-state index contributed by atoms with van der Waals surface area (Å²) >= 11 is 0. The van der Waals surface area contributed by atoms with Crippen molar-refractivity contribution in [1.29, 1.82) is 0 Å². The molecule has 0 aromatic rings. The fourth-order valence-electron chi connectivity index (χ4n) is 12.0. The van der Waals surface area contributed by atoms with Crippen LogP contribution in [0.15, 0.2) is 0 Å². The van der Waals surface area contributed by atoms with E-state index in [4.69, 9.17) is 0 Å². The Kier molecular flexibility index (Phi) is 8.68. The van der Waals surface area contributed by atoms with Crippen molar-refractivity contribution < 1.29 is 32.7 Å². The van der Waals surface area contributed by atoms with Gasteiger partial charge < -0.3 is 0 Å². The molecule has 0 spiro atoms. The van der Waals surface area contributed by atoms with Crippen molar-refractivity contribution in [3.05, 3.63) is 0 Å². The molecule has 5 saturated heterocycles. The summed E-state index contributed by atoms with van der Waals surface area (Å²) in [6, 6.07) is 0. The Morgan fingerprint density at radius 3 is 0.463 bits per heavy atom. The zero-order chi connectivity index (χ0) is 26.2. The Morgan fingerprint density at radius 1 is 0.220 bits per heavy atom. The zero-order valence-electron chi connectivity index (χ0n) is 25.1. The average Bonchev–Trinajstić information content (AvgIpc) is 3.73. The number of hydrogen-bond donors (Lipinski definition) is 8. The number of rotatable bonds is 0. The predicted octanol–water partition coefficient (Wildman–Crippen LogP) is 2.60. The molecule has 1 radical (unpaired) electrons. The van der Waals surface area contributed by atoms with Crippen molar-refractivity contribution in [2.75, 3.05) is 0 Å². The third-order valence-corrected chi connectivity index (χ3v) is 13.8. The molecular weight excluding hydrogens is 585 g/mol. The summed E-state index contributed by atoms with van der Waals surface area (Å²) in [5.74, 6) is 5.97. The SMILES string of the molecule is C1CCC2C3NC(NC4NC(NC5NC(NC6NC(N3)C3CCCCC63)C3CCCCC53)C3CCCCC43)C2C1.[Y]. The van der Waals surface area contributed by atoms with Gasteiger partial charge in [0.25, 0.3) is 0 Å². The van der Waals surface area contributed by atoms with Gasteiger partial charge in [0.15, 0.2) is 0 Å². The van der Waals surface area contributed by atoms with Gasteiger partial charge in [-0.2, -0.15) is 0 Å². The molecule has 9 aliphatic rings. The summed E-state index contributed by atoms with van der Waals surface area (Å²) in [5, 5.41) is 33.8. The van der Waals surface area contributed by atoms with Crippen LogP contribution >= 0.6 is 0 Å². The second-order valence-corrected chi connectivity index (χ2v) is 15.6. The summed E-state index contributed by atoms with van der Waals surface area (Å²) in [6.45, 7) is 0. The van der Waals surface area contributed by atoms with Gasteiger partial charge in [-0.15, -0.1) is 0 Å². The number of fused-ring (bicyclic) bond motifs is 20. The Labute approximate surface area is 273 Å². The molecule has 8 N–H and O–H groups in total. The summed E-state index contributed by atoms with van der Waals surface area (Å²) in [5.41, 5.74) is 0. The Morgan fingerprint density at radius 2 is 0.341 bits per heavy atom. The smallest absolute Gasteiger partial charge is 0.0628 e. The fraction of sp³-hybridized carbons (Fsp3) is 1.00. The summed E-state index contributed by atoms with van der Waals surface area (Å²) in [6.07, 6.45) is 25.6. The van der Waals surface area contributed by atoms with Crippen LogP contribution in [0.4, 0.5) is 0 Å². The van der Waals surface area contributed by atoms with E-state index in [1.165, 1.54) is 103 Å². The maximum Gasteiger partial charge on any atom is 0.0628 e. The van der Waals surface area contributed by atoms with E-state index in [0.29, 0.717) is 49.3 Å². The quantitative estimate of drug-likeness (QED) is 0.205. The van der Waals surface area contributed by atoms with Crippen molar-refractivity contribution in [3.8, 4) is 0 Å². The molecule has 9 rings (SSSR count). The van der Waals surface area contributed by atoms with Crippen molar-refractivity contribution in [3.63, 3.8) is 0 Å². The molecule has 4 aliphatic carbocycles. The minimum atomic E-state index is 0. The van der Waals surface area contributed by atoms with Crippen LogP contribution in [0.25, 0.3) is 0 Å². The molecule has 0 aromatic heterocycles. The van der Waals surface area contributed by atoms with Gasteiger partial charge >= 0.3 is 0 Å². The standard InChI is InChI=1S/C32H56N8.Y/c1-2-10-18-17(9-1)25-33-26(18)38-28-21-13-5-6-14-22(21)30(35-28)40-32-24-16-8-7-15-23(24)31(36-32)39-29-20-12-4-3-11-19(20)27(34-29)37-25;/h17-40H,1-16H2;. The normalized spacial score (nSPS) is 56.2. The summed E-state index contributed by atoms with van der Waals surface area (Å²) in [7, 11) is 0. The van der Waals surface area contributed by atoms with Gasteiger partial charge in [0, 0.05) is 32.7 Å². The van der Waals surface area contributed by atoms with Crippen molar-refractivity contribution in [1.82, 2.24) is 42.5 Å². The summed E-state index contributed by atoms with van der Waals surface area (Å²) in [4.78, 5) is 0. The largest absolute Gasteiger partial charge is 0.286 e. The van der Waals surface area contributed by atoms with E-state index in [1.807, 2.05) is 0 Å². The molecule has 4 saturated carbocycles. The minimum absolute atomic E-state index is 0. The first kappa shape index (κ1) is 29.2. The van der Waals surface area contributed by atoms with Crippen LogP contribution in [0.5, 0.6) is 0 Å². The van der Waals surface area contributed by atoms with Gasteiger partial charge in [-0.1, -0.05) is 51.4 Å². The van der Waals surface area contributed by atoms with E-state index in [1.54, 1.807) is 0 Å². The van der Waals surface area contributed by atoms with Crippen LogP contribution in [0.2, 0.25) is 0 Å². The van der Waals surface area contributed by atoms with E-state index < -0.39 is 0 Å². The second kappa shape index (κ2) is 12.2. The Hall–Kier alpha value is 0.784. The summed E-state index contributed by atoms with van der Waals surface area (Å²) < 4.78 is 0. The minimum Gasteiger partial charge on any atom is -0.286 e. The van der Waals surface area contributed by atoms with Crippen molar-refractivity contribution >= 4 is 0 Å². The molecule has 9 fully saturated rings. The second-order valence-electron chi connectivity index (χ2n) is 15.6. The van der Waals surface area contributed by atoms with Crippen LogP contribution < -0.4 is 42.5 Å². The van der Waals surface area contributed by atoms with Gasteiger partial charge in [-0.05, 0) is 98.7 Å². The molecule has 5 aliphatic heterocycles. The average molecular weight is 642 g/mol. The van der Waals surface area contributed by atoms with Gasteiger partial charge in [-0.25, -0.2) is 0 Å². The molecule has 0 aromatic carbocycles. The van der Waals surface area contributed by atoms with E-state index >= 15 is 0 Å². The van der Waals surface area contributed by atoms with E-state index in [-0.39, 0.29) is 32.7 Å². The first-order chi connectivity index (χ1) is 19.8. The first-order valence-corrected chi connectivity index (χ1v) is 17.9. The van der Waals surface area contributed by atoms with Crippen LogP contribution in [0.3, 0.4) is 0 Å². The monoisotopic (exact) mass is 641 g/mol. The predicted molar refractivity (Wildman–Crippen MR) is 157 cm³/mol. The molecule has 8 bridgehead atoms. The third-order valence-electron chi connectivity index (χ3n) is 13.8. The molecule has 0 amide bonds. The Balaban J connectivity index is 0.00000256. The maximum atomic E-state index is 4.26.